The molecule has 2 heterocycles. The van der Waals surface area contributed by atoms with Gasteiger partial charge >= 0.3 is 0 Å². The monoisotopic (exact) mass is 227 g/mol. The molecule has 6 heteroatoms. The molecule has 2 rings (SSSR count). The Balaban J connectivity index is 1.84. The lowest BCUT2D eigenvalue weighted by Gasteiger charge is -2.09. The van der Waals surface area contributed by atoms with Gasteiger partial charge in [-0.3, -0.25) is 4.79 Å². The van der Waals surface area contributed by atoms with Crippen LogP contribution >= 0.6 is 11.5 Å². The fourth-order valence-corrected chi connectivity index (χ4v) is 2.10. The van der Waals surface area contributed by atoms with Crippen LogP contribution in [-0.2, 0) is 4.74 Å². The van der Waals surface area contributed by atoms with E-state index in [1.807, 2.05) is 0 Å². The number of hydrogen-bond acceptors (Lipinski definition) is 5. The molecule has 1 saturated heterocycles. The zero-order valence-corrected chi connectivity index (χ0v) is 9.34. The number of carbonyl (C=O) groups excluding carboxylic acids is 1. The Labute approximate surface area is 92.0 Å². The number of hydrogen-bond donors (Lipinski definition) is 1. The average Bonchev–Trinajstić information content (AvgIpc) is 2.84. The van der Waals surface area contributed by atoms with E-state index in [2.05, 4.69) is 14.9 Å². The first-order valence-corrected chi connectivity index (χ1v) is 5.73. The van der Waals surface area contributed by atoms with Crippen molar-refractivity contribution in [3.63, 3.8) is 0 Å². The Morgan fingerprint density at radius 1 is 1.73 bits per heavy atom. The summed E-state index contributed by atoms with van der Waals surface area (Å²) in [5.41, 5.74) is 0.685. The smallest absolute Gasteiger partial charge is 0.265 e. The van der Waals surface area contributed by atoms with Crippen molar-refractivity contribution >= 4 is 17.4 Å². The summed E-state index contributed by atoms with van der Waals surface area (Å²) in [5, 5.41) is 6.63. The number of carbonyl (C=O) groups is 1. The Hall–Kier alpha value is -1.01. The van der Waals surface area contributed by atoms with Crippen molar-refractivity contribution in [3.8, 4) is 0 Å². The standard InChI is InChI=1S/C9H13N3O2S/c1-6-8(15-12-11-6)9(13)10-5-7-3-2-4-14-7/h7H,2-5H2,1H3,(H,10,13)/t7-/m0/s1. The quantitative estimate of drug-likeness (QED) is 0.827. The second kappa shape index (κ2) is 4.67. The molecular formula is C9H13N3O2S. The average molecular weight is 227 g/mol. The molecule has 15 heavy (non-hydrogen) atoms. The third-order valence-electron chi connectivity index (χ3n) is 2.37. The highest BCUT2D eigenvalue weighted by Gasteiger charge is 2.18. The van der Waals surface area contributed by atoms with Crippen molar-refractivity contribution in [2.75, 3.05) is 13.2 Å². The summed E-state index contributed by atoms with van der Waals surface area (Å²) < 4.78 is 9.13. The highest BCUT2D eigenvalue weighted by Crippen LogP contribution is 2.12. The molecule has 1 fully saturated rings. The predicted octanol–water partition coefficient (Wildman–Crippen LogP) is 0.755. The molecular weight excluding hydrogens is 214 g/mol. The molecule has 1 aliphatic rings. The zero-order chi connectivity index (χ0) is 10.7. The van der Waals surface area contributed by atoms with Crippen LogP contribution in [0.1, 0.15) is 28.2 Å². The Bertz CT molecular complexity index is 347. The van der Waals surface area contributed by atoms with Gasteiger partial charge < -0.3 is 10.1 Å². The normalized spacial score (nSPS) is 20.5. The van der Waals surface area contributed by atoms with Crippen LogP contribution in [0.4, 0.5) is 0 Å². The van der Waals surface area contributed by atoms with Gasteiger partial charge in [-0.25, -0.2) is 0 Å². The van der Waals surface area contributed by atoms with E-state index >= 15 is 0 Å². The molecule has 5 nitrogen and oxygen atoms in total. The first kappa shape index (κ1) is 10.5. The molecule has 1 aromatic heterocycles. The van der Waals surface area contributed by atoms with Gasteiger partial charge in [0.25, 0.3) is 5.91 Å². The largest absolute Gasteiger partial charge is 0.376 e. The minimum atomic E-state index is -0.0991. The van der Waals surface area contributed by atoms with Crippen molar-refractivity contribution in [1.29, 1.82) is 0 Å². The van der Waals surface area contributed by atoms with Crippen LogP contribution in [-0.4, -0.2) is 34.7 Å². The first-order valence-electron chi connectivity index (χ1n) is 4.96. The van der Waals surface area contributed by atoms with E-state index in [0.29, 0.717) is 17.1 Å². The Kier molecular flexibility index (Phi) is 3.27. The van der Waals surface area contributed by atoms with Gasteiger partial charge in [0.2, 0.25) is 0 Å². The van der Waals surface area contributed by atoms with E-state index in [4.69, 9.17) is 4.74 Å². The van der Waals surface area contributed by atoms with E-state index in [-0.39, 0.29) is 12.0 Å². The number of rotatable bonds is 3. The summed E-state index contributed by atoms with van der Waals surface area (Å²) >= 11 is 1.13. The molecule has 1 atom stereocenters. The second-order valence-corrected chi connectivity index (χ2v) is 4.29. The maximum absolute atomic E-state index is 11.6. The molecule has 1 amide bonds. The molecule has 0 saturated carbocycles. The zero-order valence-electron chi connectivity index (χ0n) is 8.52. The third kappa shape index (κ3) is 2.51. The summed E-state index contributed by atoms with van der Waals surface area (Å²) in [6.07, 6.45) is 2.29. The van der Waals surface area contributed by atoms with E-state index in [1.54, 1.807) is 6.92 Å². The van der Waals surface area contributed by atoms with Gasteiger partial charge in [-0.1, -0.05) is 4.49 Å². The topological polar surface area (TPSA) is 64.1 Å². The number of aromatic nitrogens is 2. The van der Waals surface area contributed by atoms with Gasteiger partial charge in [-0.2, -0.15) is 0 Å². The highest BCUT2D eigenvalue weighted by atomic mass is 32.1. The summed E-state index contributed by atoms with van der Waals surface area (Å²) in [6, 6.07) is 0. The number of aryl methyl sites for hydroxylation is 1. The van der Waals surface area contributed by atoms with Crippen LogP contribution in [0.15, 0.2) is 0 Å². The summed E-state index contributed by atoms with van der Waals surface area (Å²) in [5.74, 6) is -0.0991. The van der Waals surface area contributed by atoms with Crippen molar-refractivity contribution in [2.24, 2.45) is 0 Å². The fraction of sp³-hybridized carbons (Fsp3) is 0.667. The summed E-state index contributed by atoms with van der Waals surface area (Å²) in [6.45, 7) is 3.17. The maximum atomic E-state index is 11.6. The van der Waals surface area contributed by atoms with Crippen LogP contribution in [0.25, 0.3) is 0 Å². The van der Waals surface area contributed by atoms with Gasteiger partial charge in [0.1, 0.15) is 4.88 Å². The molecule has 82 valence electrons. The van der Waals surface area contributed by atoms with Crippen molar-refractivity contribution in [1.82, 2.24) is 14.9 Å². The minimum absolute atomic E-state index is 0.0991. The van der Waals surface area contributed by atoms with Crippen molar-refractivity contribution < 1.29 is 9.53 Å². The van der Waals surface area contributed by atoms with Crippen molar-refractivity contribution in [3.05, 3.63) is 10.6 Å². The molecule has 0 unspecified atom stereocenters. The highest BCUT2D eigenvalue weighted by molar-refractivity contribution is 7.07. The Morgan fingerprint density at radius 2 is 2.60 bits per heavy atom. The van der Waals surface area contributed by atoms with Crippen LogP contribution in [0.5, 0.6) is 0 Å². The molecule has 0 bridgehead atoms. The molecule has 0 aromatic carbocycles. The lowest BCUT2D eigenvalue weighted by molar-refractivity contribution is 0.0860. The lowest BCUT2D eigenvalue weighted by Crippen LogP contribution is -2.31. The van der Waals surface area contributed by atoms with Gasteiger partial charge in [0.05, 0.1) is 11.8 Å². The van der Waals surface area contributed by atoms with Crippen LogP contribution in [0.2, 0.25) is 0 Å². The molecule has 0 radical (unpaired) electrons. The minimum Gasteiger partial charge on any atom is -0.376 e. The summed E-state index contributed by atoms with van der Waals surface area (Å²) in [4.78, 5) is 12.2. The number of nitrogens with one attached hydrogen (secondary N) is 1. The van der Waals surface area contributed by atoms with Gasteiger partial charge in [0, 0.05) is 13.2 Å². The van der Waals surface area contributed by atoms with E-state index in [0.717, 1.165) is 31.0 Å². The molecule has 0 spiro atoms. The second-order valence-electron chi connectivity index (χ2n) is 3.53. The van der Waals surface area contributed by atoms with Crippen LogP contribution in [0.3, 0.4) is 0 Å². The molecule has 0 aliphatic carbocycles. The SMILES string of the molecule is Cc1nnsc1C(=O)NC[C@@H]1CCCO1. The summed E-state index contributed by atoms with van der Waals surface area (Å²) in [7, 11) is 0. The lowest BCUT2D eigenvalue weighted by atomic mass is 10.2. The predicted molar refractivity (Wildman–Crippen MR) is 56.0 cm³/mol. The maximum Gasteiger partial charge on any atom is 0.265 e. The van der Waals surface area contributed by atoms with E-state index in [1.165, 1.54) is 0 Å². The fourth-order valence-electron chi connectivity index (χ4n) is 1.53. The molecule has 1 aliphatic heterocycles. The van der Waals surface area contributed by atoms with Crippen LogP contribution < -0.4 is 5.32 Å². The number of amides is 1. The Morgan fingerprint density at radius 3 is 3.20 bits per heavy atom. The third-order valence-corrected chi connectivity index (χ3v) is 3.20. The van der Waals surface area contributed by atoms with Gasteiger partial charge in [-0.15, -0.1) is 5.10 Å². The first-order chi connectivity index (χ1) is 7.27. The van der Waals surface area contributed by atoms with Gasteiger partial charge in [0.15, 0.2) is 0 Å². The van der Waals surface area contributed by atoms with Gasteiger partial charge in [-0.05, 0) is 31.3 Å². The van der Waals surface area contributed by atoms with E-state index in [9.17, 15) is 4.79 Å². The number of ether oxygens (including phenoxy) is 1. The molecule has 1 N–H and O–H groups in total. The van der Waals surface area contributed by atoms with Crippen LogP contribution in [0, 0.1) is 6.92 Å². The number of nitrogens with zero attached hydrogens (tertiary/aromatic N) is 2. The molecule has 1 aromatic rings. The van der Waals surface area contributed by atoms with Crippen molar-refractivity contribution in [2.45, 2.75) is 25.9 Å². The van der Waals surface area contributed by atoms with E-state index < -0.39 is 0 Å².